The number of hydrogen-bond donors (Lipinski definition) is 3. The lowest BCUT2D eigenvalue weighted by atomic mass is 9.94. The molecule has 1 aliphatic rings. The van der Waals surface area contributed by atoms with Crippen LogP contribution in [0.5, 0.6) is 17.2 Å². The standard InChI is InChI=1S/C25H19ClN2O8/c1-2-36-20-11-13(6-8-19(20)30)22-21(23(31)14-4-3-5-16(10-14)28(34)35)24(32)25(33)27(22)17-12-15(26)7-9-18(17)29/h3-12,22,29-31H,2H2,1H3/b23-21+. The van der Waals surface area contributed by atoms with Crippen LogP contribution in [0.1, 0.15) is 24.1 Å². The molecule has 1 unspecified atom stereocenters. The van der Waals surface area contributed by atoms with Gasteiger partial charge in [-0.15, -0.1) is 0 Å². The lowest BCUT2D eigenvalue weighted by Gasteiger charge is -2.26. The van der Waals surface area contributed by atoms with Crippen LogP contribution < -0.4 is 9.64 Å². The van der Waals surface area contributed by atoms with Crippen molar-refractivity contribution in [3.63, 3.8) is 0 Å². The number of amides is 1. The molecule has 4 rings (SSSR count). The lowest BCUT2D eigenvalue weighted by molar-refractivity contribution is -0.384. The zero-order chi connectivity index (χ0) is 26.1. The van der Waals surface area contributed by atoms with E-state index in [1.54, 1.807) is 6.92 Å². The lowest BCUT2D eigenvalue weighted by Crippen LogP contribution is -2.29. The van der Waals surface area contributed by atoms with E-state index in [1.807, 2.05) is 0 Å². The van der Waals surface area contributed by atoms with Gasteiger partial charge in [0, 0.05) is 22.7 Å². The molecule has 0 radical (unpaired) electrons. The Morgan fingerprint density at radius 2 is 1.81 bits per heavy atom. The second-order valence-corrected chi connectivity index (χ2v) is 8.21. The molecule has 10 nitrogen and oxygen atoms in total. The minimum absolute atomic E-state index is 0.0613. The summed E-state index contributed by atoms with van der Waals surface area (Å²) in [6.45, 7) is 1.91. The van der Waals surface area contributed by atoms with Crippen LogP contribution >= 0.6 is 11.6 Å². The fourth-order valence-electron chi connectivity index (χ4n) is 3.98. The van der Waals surface area contributed by atoms with Crippen LogP contribution in [0.4, 0.5) is 11.4 Å². The molecule has 11 heteroatoms. The van der Waals surface area contributed by atoms with Gasteiger partial charge in [-0.25, -0.2) is 0 Å². The summed E-state index contributed by atoms with van der Waals surface area (Å²) in [5.74, 6) is -3.30. The number of nitro groups is 1. The van der Waals surface area contributed by atoms with Crippen molar-refractivity contribution in [2.45, 2.75) is 13.0 Å². The minimum Gasteiger partial charge on any atom is -0.507 e. The number of phenols is 2. The maximum absolute atomic E-state index is 13.2. The van der Waals surface area contributed by atoms with E-state index in [4.69, 9.17) is 16.3 Å². The molecule has 1 amide bonds. The number of halogens is 1. The number of carbonyl (C=O) groups is 2. The van der Waals surface area contributed by atoms with Crippen molar-refractivity contribution in [2.24, 2.45) is 0 Å². The van der Waals surface area contributed by atoms with Crippen molar-refractivity contribution in [2.75, 3.05) is 11.5 Å². The Morgan fingerprint density at radius 3 is 2.50 bits per heavy atom. The number of non-ortho nitro benzene ring substituents is 1. The van der Waals surface area contributed by atoms with Gasteiger partial charge in [0.05, 0.1) is 28.8 Å². The quantitative estimate of drug-likeness (QED) is 0.142. The van der Waals surface area contributed by atoms with Crippen LogP contribution in [0.3, 0.4) is 0 Å². The zero-order valence-corrected chi connectivity index (χ0v) is 19.5. The highest BCUT2D eigenvalue weighted by Crippen LogP contribution is 2.46. The van der Waals surface area contributed by atoms with E-state index in [-0.39, 0.29) is 57.0 Å². The molecule has 0 aromatic heterocycles. The van der Waals surface area contributed by atoms with Gasteiger partial charge >= 0.3 is 0 Å². The van der Waals surface area contributed by atoms with Crippen molar-refractivity contribution in [1.82, 2.24) is 0 Å². The maximum Gasteiger partial charge on any atom is 0.300 e. The molecule has 0 spiro atoms. The van der Waals surface area contributed by atoms with Crippen molar-refractivity contribution < 1.29 is 34.6 Å². The van der Waals surface area contributed by atoms with Crippen molar-refractivity contribution in [3.05, 3.63) is 92.5 Å². The number of ketones is 1. The van der Waals surface area contributed by atoms with Gasteiger partial charge < -0.3 is 20.1 Å². The Bertz CT molecular complexity index is 1440. The van der Waals surface area contributed by atoms with Crippen LogP contribution in [-0.2, 0) is 9.59 Å². The van der Waals surface area contributed by atoms with E-state index in [1.165, 1.54) is 54.6 Å². The van der Waals surface area contributed by atoms with Gasteiger partial charge in [-0.1, -0.05) is 29.8 Å². The molecule has 1 heterocycles. The van der Waals surface area contributed by atoms with Gasteiger partial charge in [-0.05, 0) is 42.8 Å². The van der Waals surface area contributed by atoms with Gasteiger partial charge in [0.2, 0.25) is 0 Å². The predicted molar refractivity (Wildman–Crippen MR) is 130 cm³/mol. The Balaban J connectivity index is 2.00. The van der Waals surface area contributed by atoms with E-state index in [9.17, 15) is 35.0 Å². The highest BCUT2D eigenvalue weighted by Gasteiger charge is 2.48. The van der Waals surface area contributed by atoms with E-state index in [2.05, 4.69) is 0 Å². The predicted octanol–water partition coefficient (Wildman–Crippen LogP) is 4.68. The molecule has 184 valence electrons. The molecule has 3 aromatic carbocycles. The Hall–Kier alpha value is -4.57. The number of rotatable bonds is 6. The SMILES string of the molecule is CCOc1cc(C2/C(=C(\O)c3cccc([N+](=O)[O-])c3)C(=O)C(=O)N2c2cc(Cl)ccc2O)ccc1O. The molecule has 36 heavy (non-hydrogen) atoms. The Kier molecular flexibility index (Phi) is 6.54. The molecule has 1 saturated heterocycles. The van der Waals surface area contributed by atoms with Crippen LogP contribution in [0.2, 0.25) is 5.02 Å². The molecular formula is C25H19ClN2O8. The maximum atomic E-state index is 13.2. The van der Waals surface area contributed by atoms with Gasteiger partial charge in [-0.3, -0.25) is 24.6 Å². The largest absolute Gasteiger partial charge is 0.507 e. The van der Waals surface area contributed by atoms with Crippen LogP contribution in [0.25, 0.3) is 5.76 Å². The number of Topliss-reactive ketones (excluding diaryl/α,β-unsaturated/α-hetero) is 1. The smallest absolute Gasteiger partial charge is 0.300 e. The second kappa shape index (κ2) is 9.59. The average molecular weight is 511 g/mol. The minimum atomic E-state index is -1.30. The summed E-state index contributed by atoms with van der Waals surface area (Å²) in [6, 6.07) is 11.7. The van der Waals surface area contributed by atoms with Crippen LogP contribution in [0, 0.1) is 10.1 Å². The number of hydrogen-bond acceptors (Lipinski definition) is 8. The number of ether oxygens (including phenoxy) is 1. The van der Waals surface area contributed by atoms with E-state index in [0.29, 0.717) is 0 Å². The molecule has 0 saturated carbocycles. The highest BCUT2D eigenvalue weighted by atomic mass is 35.5. The van der Waals surface area contributed by atoms with Crippen molar-refractivity contribution in [3.8, 4) is 17.2 Å². The fourth-order valence-corrected chi connectivity index (χ4v) is 4.15. The first-order valence-electron chi connectivity index (χ1n) is 10.6. The van der Waals surface area contributed by atoms with E-state index >= 15 is 0 Å². The molecule has 1 fully saturated rings. The summed E-state index contributed by atoms with van der Waals surface area (Å²) < 4.78 is 5.43. The number of nitrogens with zero attached hydrogens (tertiary/aromatic N) is 2. The van der Waals surface area contributed by atoms with Crippen LogP contribution in [-0.4, -0.2) is 38.5 Å². The molecule has 0 bridgehead atoms. The summed E-state index contributed by atoms with van der Waals surface area (Å²) >= 11 is 6.09. The summed E-state index contributed by atoms with van der Waals surface area (Å²) in [7, 11) is 0. The second-order valence-electron chi connectivity index (χ2n) is 7.77. The molecule has 3 aromatic rings. The van der Waals surface area contributed by atoms with E-state index < -0.39 is 28.4 Å². The van der Waals surface area contributed by atoms with Gasteiger partial charge in [0.25, 0.3) is 17.4 Å². The van der Waals surface area contributed by atoms with Gasteiger partial charge in [0.15, 0.2) is 11.5 Å². The monoisotopic (exact) mass is 510 g/mol. The van der Waals surface area contributed by atoms with Crippen LogP contribution in [0.15, 0.2) is 66.2 Å². The fraction of sp³-hybridized carbons (Fsp3) is 0.120. The summed E-state index contributed by atoms with van der Waals surface area (Å²) in [5.41, 5.74) is -0.625. The third-order valence-corrected chi connectivity index (χ3v) is 5.81. The topological polar surface area (TPSA) is 150 Å². The van der Waals surface area contributed by atoms with E-state index in [0.717, 1.165) is 11.0 Å². The Labute approximate surface area is 209 Å². The number of carbonyl (C=O) groups excluding carboxylic acids is 2. The Morgan fingerprint density at radius 1 is 1.08 bits per heavy atom. The normalized spacial score (nSPS) is 16.8. The summed E-state index contributed by atoms with van der Waals surface area (Å²) in [6.07, 6.45) is 0. The first-order chi connectivity index (χ1) is 17.1. The van der Waals surface area contributed by atoms with Gasteiger partial charge in [-0.2, -0.15) is 0 Å². The van der Waals surface area contributed by atoms with Gasteiger partial charge in [0.1, 0.15) is 11.5 Å². The first kappa shape index (κ1) is 24.6. The number of aliphatic hydroxyl groups is 1. The average Bonchev–Trinajstić information content (AvgIpc) is 3.12. The number of phenolic OH excluding ortho intramolecular Hbond substituents is 2. The molecular weight excluding hydrogens is 492 g/mol. The number of aromatic hydroxyl groups is 2. The third kappa shape index (κ3) is 4.29. The molecule has 3 N–H and O–H groups in total. The number of nitro benzene ring substituents is 1. The van der Waals surface area contributed by atoms with Crippen molar-refractivity contribution >= 4 is 40.4 Å². The number of anilines is 1. The molecule has 1 atom stereocenters. The molecule has 0 aliphatic carbocycles. The molecule has 1 aliphatic heterocycles. The number of benzene rings is 3. The third-order valence-electron chi connectivity index (χ3n) is 5.57. The number of aliphatic hydroxyl groups excluding tert-OH is 1. The first-order valence-corrected chi connectivity index (χ1v) is 11.0. The summed E-state index contributed by atoms with van der Waals surface area (Å²) in [4.78, 5) is 38.0. The highest BCUT2D eigenvalue weighted by molar-refractivity contribution is 6.52. The van der Waals surface area contributed by atoms with Crippen molar-refractivity contribution in [1.29, 1.82) is 0 Å². The zero-order valence-electron chi connectivity index (χ0n) is 18.7. The summed E-state index contributed by atoms with van der Waals surface area (Å²) in [5, 5.41) is 43.2.